The predicted molar refractivity (Wildman–Crippen MR) is 116 cm³/mol. The minimum Gasteiger partial charge on any atom is -0.744 e. The van der Waals surface area contributed by atoms with Crippen molar-refractivity contribution in [2.45, 2.75) is 23.6 Å². The number of para-hydroxylation sites is 1. The van der Waals surface area contributed by atoms with Crippen molar-refractivity contribution in [1.29, 1.82) is 0 Å². The number of hydrazone groups is 1. The lowest BCUT2D eigenvalue weighted by Crippen LogP contribution is -2.21. The molecule has 1 amide bonds. The Labute approximate surface area is 179 Å². The maximum atomic E-state index is 12.9. The smallest absolute Gasteiger partial charge is 0.280 e. The molecule has 7 nitrogen and oxygen atoms in total. The number of carbonyl (C=O) groups excluding carboxylic acids is 1. The van der Waals surface area contributed by atoms with Crippen molar-refractivity contribution >= 4 is 44.9 Å². The molecule has 4 rings (SSSR count). The zero-order valence-corrected chi connectivity index (χ0v) is 17.9. The number of anilines is 2. The van der Waals surface area contributed by atoms with E-state index in [1.165, 1.54) is 34.2 Å². The lowest BCUT2D eigenvalue weighted by atomic mass is 10.1. The summed E-state index contributed by atoms with van der Waals surface area (Å²) in [7, 11) is -4.54. The Balaban J connectivity index is 1.60. The SMILES string of the molecule is CCN1/C(=C/C=C2\C(=O)N(c3ccc(S(=O)(=O)[O-])cc3)N=C2C)Sc2ccccc21. The molecule has 0 aliphatic carbocycles. The van der Waals surface area contributed by atoms with Gasteiger partial charge in [-0.1, -0.05) is 23.9 Å². The highest BCUT2D eigenvalue weighted by atomic mass is 32.2. The third-order valence-electron chi connectivity index (χ3n) is 4.78. The van der Waals surface area contributed by atoms with Crippen LogP contribution in [-0.2, 0) is 14.9 Å². The number of hydrogen-bond acceptors (Lipinski definition) is 7. The normalized spacial score (nSPS) is 19.0. The van der Waals surface area contributed by atoms with Crippen LogP contribution in [0.15, 0.2) is 86.2 Å². The Hall–Kier alpha value is -2.88. The standard InChI is InChI=1S/C21H19N3O4S2/c1-3-23-18-6-4-5-7-19(18)29-20(23)13-12-17-14(2)22-24(21(17)25)15-8-10-16(11-9-15)30(26,27)28/h4-13H,3H2,1-2H3,(H,26,27,28)/p-1/b17-12-,20-13-. The number of benzene rings is 2. The van der Waals surface area contributed by atoms with Crippen LogP contribution < -0.4 is 9.91 Å². The topological polar surface area (TPSA) is 93.1 Å². The molecule has 0 N–H and O–H groups in total. The van der Waals surface area contributed by atoms with Gasteiger partial charge >= 0.3 is 0 Å². The van der Waals surface area contributed by atoms with E-state index in [0.717, 1.165) is 17.3 Å². The van der Waals surface area contributed by atoms with Crippen molar-refractivity contribution in [3.8, 4) is 0 Å². The summed E-state index contributed by atoms with van der Waals surface area (Å²) in [5.41, 5.74) is 2.55. The molecule has 2 aliphatic rings. The largest absolute Gasteiger partial charge is 0.744 e. The molecule has 0 fully saturated rings. The van der Waals surface area contributed by atoms with Gasteiger partial charge in [0.25, 0.3) is 5.91 Å². The van der Waals surface area contributed by atoms with Gasteiger partial charge in [-0.25, -0.2) is 8.42 Å². The third-order valence-corrected chi connectivity index (χ3v) is 6.76. The van der Waals surface area contributed by atoms with Gasteiger partial charge in [0.05, 0.1) is 32.6 Å². The summed E-state index contributed by atoms with van der Waals surface area (Å²) in [6.45, 7) is 4.62. The first-order valence-electron chi connectivity index (χ1n) is 9.22. The van der Waals surface area contributed by atoms with Crippen LogP contribution in [0.3, 0.4) is 0 Å². The predicted octanol–water partition coefficient (Wildman–Crippen LogP) is 3.71. The summed E-state index contributed by atoms with van der Waals surface area (Å²) >= 11 is 1.65. The first-order valence-corrected chi connectivity index (χ1v) is 11.4. The minimum atomic E-state index is -4.54. The van der Waals surface area contributed by atoms with E-state index in [1.54, 1.807) is 24.8 Å². The highest BCUT2D eigenvalue weighted by molar-refractivity contribution is 8.03. The van der Waals surface area contributed by atoms with Gasteiger partial charge < -0.3 is 9.45 Å². The second kappa shape index (κ2) is 7.75. The Kier molecular flexibility index (Phi) is 5.27. The van der Waals surface area contributed by atoms with Crippen LogP contribution in [0.2, 0.25) is 0 Å². The molecule has 2 heterocycles. The molecule has 0 saturated heterocycles. The molecule has 0 aromatic heterocycles. The Bertz CT molecular complexity index is 1220. The molecule has 0 bridgehead atoms. The number of fused-ring (bicyclic) bond motifs is 1. The summed E-state index contributed by atoms with van der Waals surface area (Å²) in [5.74, 6) is -0.314. The van der Waals surface area contributed by atoms with E-state index >= 15 is 0 Å². The van der Waals surface area contributed by atoms with E-state index in [4.69, 9.17) is 0 Å². The fourth-order valence-electron chi connectivity index (χ4n) is 3.30. The van der Waals surface area contributed by atoms with E-state index in [2.05, 4.69) is 29.1 Å². The van der Waals surface area contributed by atoms with E-state index in [-0.39, 0.29) is 10.8 Å². The second-order valence-electron chi connectivity index (χ2n) is 6.65. The number of thioether (sulfide) groups is 1. The van der Waals surface area contributed by atoms with E-state index in [0.29, 0.717) is 17.0 Å². The molecule has 0 radical (unpaired) electrons. The van der Waals surface area contributed by atoms with Crippen molar-refractivity contribution in [3.05, 3.63) is 71.3 Å². The maximum absolute atomic E-state index is 12.9. The molecular weight excluding hydrogens is 422 g/mol. The zero-order valence-electron chi connectivity index (χ0n) is 16.3. The average molecular weight is 441 g/mol. The van der Waals surface area contributed by atoms with Gasteiger partial charge in [0.1, 0.15) is 10.1 Å². The van der Waals surface area contributed by atoms with E-state index in [9.17, 15) is 17.8 Å². The first-order chi connectivity index (χ1) is 14.3. The monoisotopic (exact) mass is 440 g/mol. The van der Waals surface area contributed by atoms with Crippen molar-refractivity contribution in [2.75, 3.05) is 16.5 Å². The van der Waals surface area contributed by atoms with Crippen molar-refractivity contribution in [1.82, 2.24) is 0 Å². The van der Waals surface area contributed by atoms with Crippen LogP contribution in [-0.4, -0.2) is 31.1 Å². The zero-order chi connectivity index (χ0) is 21.5. The molecular formula is C21H18N3O4S2-. The molecule has 2 aliphatic heterocycles. The van der Waals surface area contributed by atoms with Crippen molar-refractivity contribution in [3.63, 3.8) is 0 Å². The molecule has 154 valence electrons. The van der Waals surface area contributed by atoms with Crippen molar-refractivity contribution in [2.24, 2.45) is 5.10 Å². The summed E-state index contributed by atoms with van der Waals surface area (Å²) in [6, 6.07) is 13.3. The summed E-state index contributed by atoms with van der Waals surface area (Å²) in [6.07, 6.45) is 3.67. The lowest BCUT2D eigenvalue weighted by Gasteiger charge is -2.17. The Morgan fingerprint density at radius 2 is 1.80 bits per heavy atom. The summed E-state index contributed by atoms with van der Waals surface area (Å²) in [5, 5.41) is 6.52. The van der Waals surface area contributed by atoms with Gasteiger partial charge in [0.15, 0.2) is 0 Å². The van der Waals surface area contributed by atoms with Crippen LogP contribution in [0.4, 0.5) is 11.4 Å². The Morgan fingerprint density at radius 1 is 1.10 bits per heavy atom. The molecule has 0 spiro atoms. The van der Waals surface area contributed by atoms with Crippen molar-refractivity contribution < 1.29 is 17.8 Å². The van der Waals surface area contributed by atoms with Gasteiger partial charge in [-0.3, -0.25) is 4.79 Å². The number of allylic oxidation sites excluding steroid dienone is 2. The average Bonchev–Trinajstić information content (AvgIpc) is 3.22. The Morgan fingerprint density at radius 3 is 2.47 bits per heavy atom. The van der Waals surface area contributed by atoms with Gasteiger partial charge in [0.2, 0.25) is 0 Å². The highest BCUT2D eigenvalue weighted by Gasteiger charge is 2.29. The third kappa shape index (κ3) is 3.67. The maximum Gasteiger partial charge on any atom is 0.280 e. The van der Waals surface area contributed by atoms with Gasteiger partial charge in [-0.05, 0) is 62.4 Å². The van der Waals surface area contributed by atoms with Crippen LogP contribution in [0, 0.1) is 0 Å². The fourth-order valence-corrected chi connectivity index (χ4v) is 4.89. The fraction of sp³-hybridized carbons (Fsp3) is 0.143. The molecule has 9 heteroatoms. The number of rotatable bonds is 4. The molecule has 30 heavy (non-hydrogen) atoms. The molecule has 0 atom stereocenters. The molecule has 2 aromatic carbocycles. The van der Waals surface area contributed by atoms with E-state index in [1.807, 2.05) is 18.2 Å². The second-order valence-corrected chi connectivity index (χ2v) is 9.09. The first kappa shape index (κ1) is 20.4. The minimum absolute atomic E-state index is 0.314. The van der Waals surface area contributed by atoms with E-state index < -0.39 is 10.1 Å². The van der Waals surface area contributed by atoms with Crippen LogP contribution in [0.5, 0.6) is 0 Å². The van der Waals surface area contributed by atoms with Gasteiger partial charge in [-0.15, -0.1) is 0 Å². The summed E-state index contributed by atoms with van der Waals surface area (Å²) < 4.78 is 33.3. The quantitative estimate of drug-likeness (QED) is 0.531. The number of carbonyl (C=O) groups is 1. The van der Waals surface area contributed by atoms with Crippen LogP contribution in [0.1, 0.15) is 13.8 Å². The highest BCUT2D eigenvalue weighted by Crippen LogP contribution is 2.45. The lowest BCUT2D eigenvalue weighted by molar-refractivity contribution is -0.114. The van der Waals surface area contributed by atoms with Gasteiger partial charge in [0, 0.05) is 11.4 Å². The van der Waals surface area contributed by atoms with Gasteiger partial charge in [-0.2, -0.15) is 10.1 Å². The van der Waals surface area contributed by atoms with Crippen LogP contribution in [0.25, 0.3) is 0 Å². The van der Waals surface area contributed by atoms with Crippen LogP contribution >= 0.6 is 11.8 Å². The molecule has 0 unspecified atom stereocenters. The molecule has 0 saturated carbocycles. The number of nitrogens with zero attached hydrogens (tertiary/aromatic N) is 3. The summed E-state index contributed by atoms with van der Waals surface area (Å²) in [4.78, 5) is 15.9. The number of amides is 1. The number of hydrogen-bond donors (Lipinski definition) is 0. The molecule has 2 aromatic rings.